The van der Waals surface area contributed by atoms with Crippen LogP contribution in [-0.2, 0) is 9.59 Å². The molecular formula is C7H13N3O2. The van der Waals surface area contributed by atoms with E-state index in [-0.39, 0.29) is 0 Å². The molecule has 1 aliphatic rings. The van der Waals surface area contributed by atoms with Gasteiger partial charge in [-0.15, -0.1) is 0 Å². The Bertz CT molecular complexity index is 193. The number of nitrogens with one attached hydrogen (secondary N) is 2. The molecule has 1 saturated heterocycles. The lowest BCUT2D eigenvalue weighted by Crippen LogP contribution is -2.53. The van der Waals surface area contributed by atoms with Crippen molar-refractivity contribution >= 4 is 11.8 Å². The van der Waals surface area contributed by atoms with Gasteiger partial charge < -0.3 is 15.5 Å². The number of likely N-dealkylation sites (N-methyl/N-ethyl adjacent to an activating group) is 1. The standard InChI is InChI=1S/C7H13N3O2/c1-8-2-4-10-5-3-9-6(11)7(10)12/h8H,2-5H2,1H3,(H,9,11). The molecule has 1 heterocycles. The fraction of sp³-hybridized carbons (Fsp3) is 0.714. The summed E-state index contributed by atoms with van der Waals surface area (Å²) >= 11 is 0. The lowest BCUT2D eigenvalue weighted by molar-refractivity contribution is -0.148. The third-order valence-corrected chi connectivity index (χ3v) is 1.78. The maximum absolute atomic E-state index is 11.1. The van der Waals surface area contributed by atoms with Crippen molar-refractivity contribution in [2.75, 3.05) is 33.2 Å². The van der Waals surface area contributed by atoms with Crippen molar-refractivity contribution in [2.45, 2.75) is 0 Å². The van der Waals surface area contributed by atoms with E-state index in [0.29, 0.717) is 19.6 Å². The fourth-order valence-corrected chi connectivity index (χ4v) is 1.09. The van der Waals surface area contributed by atoms with Crippen molar-refractivity contribution in [3.63, 3.8) is 0 Å². The third-order valence-electron chi connectivity index (χ3n) is 1.78. The molecule has 1 aliphatic heterocycles. The largest absolute Gasteiger partial charge is 0.346 e. The number of hydrogen-bond donors (Lipinski definition) is 2. The van der Waals surface area contributed by atoms with Gasteiger partial charge in [0, 0.05) is 26.2 Å². The number of piperazine rings is 1. The minimum absolute atomic E-state index is 0.420. The molecule has 5 nitrogen and oxygen atoms in total. The summed E-state index contributed by atoms with van der Waals surface area (Å²) in [6, 6.07) is 0. The second kappa shape index (κ2) is 4.06. The highest BCUT2D eigenvalue weighted by atomic mass is 16.2. The van der Waals surface area contributed by atoms with Crippen molar-refractivity contribution in [3.05, 3.63) is 0 Å². The highest BCUT2D eigenvalue weighted by Crippen LogP contribution is 1.93. The Labute approximate surface area is 71.1 Å². The Kier molecular flexibility index (Phi) is 3.04. The maximum Gasteiger partial charge on any atom is 0.311 e. The summed E-state index contributed by atoms with van der Waals surface area (Å²) in [7, 11) is 1.81. The summed E-state index contributed by atoms with van der Waals surface area (Å²) in [5, 5.41) is 5.41. The molecule has 12 heavy (non-hydrogen) atoms. The predicted molar refractivity (Wildman–Crippen MR) is 43.5 cm³/mol. The van der Waals surface area contributed by atoms with E-state index in [4.69, 9.17) is 0 Å². The molecule has 0 radical (unpaired) electrons. The first-order chi connectivity index (χ1) is 5.75. The summed E-state index contributed by atoms with van der Waals surface area (Å²) in [4.78, 5) is 23.5. The molecule has 68 valence electrons. The average molecular weight is 171 g/mol. The van der Waals surface area contributed by atoms with Crippen molar-refractivity contribution in [1.82, 2.24) is 15.5 Å². The number of rotatable bonds is 3. The van der Waals surface area contributed by atoms with Crippen molar-refractivity contribution in [1.29, 1.82) is 0 Å². The van der Waals surface area contributed by atoms with E-state index in [0.717, 1.165) is 6.54 Å². The summed E-state index contributed by atoms with van der Waals surface area (Å²) in [5.41, 5.74) is 0. The van der Waals surface area contributed by atoms with E-state index >= 15 is 0 Å². The lowest BCUT2D eigenvalue weighted by atomic mass is 10.3. The zero-order valence-corrected chi connectivity index (χ0v) is 7.09. The van der Waals surface area contributed by atoms with Crippen LogP contribution in [0.15, 0.2) is 0 Å². The first kappa shape index (κ1) is 8.99. The number of hydrogen-bond acceptors (Lipinski definition) is 3. The van der Waals surface area contributed by atoms with Crippen LogP contribution in [0, 0.1) is 0 Å². The number of amides is 2. The number of carbonyl (C=O) groups is 2. The van der Waals surface area contributed by atoms with Crippen LogP contribution in [-0.4, -0.2) is 49.9 Å². The van der Waals surface area contributed by atoms with Crippen LogP contribution in [0.25, 0.3) is 0 Å². The van der Waals surface area contributed by atoms with Crippen molar-refractivity contribution in [3.8, 4) is 0 Å². The zero-order valence-electron chi connectivity index (χ0n) is 7.09. The smallest absolute Gasteiger partial charge is 0.311 e. The molecule has 0 atom stereocenters. The molecule has 5 heteroatoms. The molecule has 0 aromatic rings. The van der Waals surface area contributed by atoms with E-state index in [1.807, 2.05) is 7.05 Å². The second-order valence-corrected chi connectivity index (χ2v) is 2.65. The maximum atomic E-state index is 11.1. The highest BCUT2D eigenvalue weighted by Gasteiger charge is 2.24. The van der Waals surface area contributed by atoms with Gasteiger partial charge in [0.05, 0.1) is 0 Å². The fourth-order valence-electron chi connectivity index (χ4n) is 1.09. The summed E-state index contributed by atoms with van der Waals surface area (Å²) in [6.07, 6.45) is 0. The summed E-state index contributed by atoms with van der Waals surface area (Å²) in [6.45, 7) is 2.50. The molecule has 2 N–H and O–H groups in total. The Morgan fingerprint density at radius 2 is 2.33 bits per heavy atom. The molecule has 0 aliphatic carbocycles. The van der Waals surface area contributed by atoms with Crippen LogP contribution >= 0.6 is 0 Å². The third kappa shape index (κ3) is 1.94. The van der Waals surface area contributed by atoms with Gasteiger partial charge in [-0.1, -0.05) is 0 Å². The molecule has 0 spiro atoms. The molecule has 1 rings (SSSR count). The molecule has 0 aromatic carbocycles. The number of carbonyl (C=O) groups excluding carboxylic acids is 2. The Balaban J connectivity index is 2.41. The van der Waals surface area contributed by atoms with E-state index in [2.05, 4.69) is 10.6 Å². The van der Waals surface area contributed by atoms with E-state index < -0.39 is 11.8 Å². The summed E-state index contributed by atoms with van der Waals surface area (Å²) < 4.78 is 0. The van der Waals surface area contributed by atoms with Gasteiger partial charge in [0.15, 0.2) is 0 Å². The van der Waals surface area contributed by atoms with Gasteiger partial charge in [-0.25, -0.2) is 0 Å². The topological polar surface area (TPSA) is 61.4 Å². The van der Waals surface area contributed by atoms with Gasteiger partial charge in [-0.3, -0.25) is 9.59 Å². The molecule has 0 unspecified atom stereocenters. The molecule has 1 fully saturated rings. The van der Waals surface area contributed by atoms with Crippen molar-refractivity contribution < 1.29 is 9.59 Å². The minimum atomic E-state index is -0.489. The van der Waals surface area contributed by atoms with Crippen LogP contribution in [0.2, 0.25) is 0 Å². The Morgan fingerprint density at radius 1 is 1.58 bits per heavy atom. The quantitative estimate of drug-likeness (QED) is 0.491. The molecule has 0 bridgehead atoms. The zero-order chi connectivity index (χ0) is 8.97. The number of nitrogens with zero attached hydrogens (tertiary/aromatic N) is 1. The van der Waals surface area contributed by atoms with E-state index in [9.17, 15) is 9.59 Å². The molecule has 0 aromatic heterocycles. The first-order valence-electron chi connectivity index (χ1n) is 3.97. The van der Waals surface area contributed by atoms with Gasteiger partial charge in [0.25, 0.3) is 0 Å². The van der Waals surface area contributed by atoms with Crippen LogP contribution in [0.4, 0.5) is 0 Å². The predicted octanol–water partition coefficient (Wildman–Crippen LogP) is -1.84. The van der Waals surface area contributed by atoms with E-state index in [1.54, 1.807) is 4.90 Å². The van der Waals surface area contributed by atoms with E-state index in [1.165, 1.54) is 0 Å². The van der Waals surface area contributed by atoms with Crippen LogP contribution in [0.1, 0.15) is 0 Å². The highest BCUT2D eigenvalue weighted by molar-refractivity contribution is 6.35. The molecule has 2 amide bonds. The van der Waals surface area contributed by atoms with Crippen molar-refractivity contribution in [2.24, 2.45) is 0 Å². The molecule has 0 saturated carbocycles. The Morgan fingerprint density at radius 3 is 3.00 bits per heavy atom. The average Bonchev–Trinajstić information content (AvgIpc) is 2.08. The van der Waals surface area contributed by atoms with Gasteiger partial charge in [-0.05, 0) is 7.05 Å². The Hall–Kier alpha value is -1.10. The SMILES string of the molecule is CNCCN1CCNC(=O)C1=O. The van der Waals surface area contributed by atoms with Crippen LogP contribution in [0.3, 0.4) is 0 Å². The second-order valence-electron chi connectivity index (χ2n) is 2.65. The minimum Gasteiger partial charge on any atom is -0.346 e. The van der Waals surface area contributed by atoms with Crippen LogP contribution < -0.4 is 10.6 Å². The van der Waals surface area contributed by atoms with Gasteiger partial charge >= 0.3 is 11.8 Å². The summed E-state index contributed by atoms with van der Waals surface area (Å²) in [5.74, 6) is -0.908. The lowest BCUT2D eigenvalue weighted by Gasteiger charge is -2.26. The first-order valence-corrected chi connectivity index (χ1v) is 3.97. The monoisotopic (exact) mass is 171 g/mol. The van der Waals surface area contributed by atoms with Gasteiger partial charge in [-0.2, -0.15) is 0 Å². The molecular weight excluding hydrogens is 158 g/mol. The van der Waals surface area contributed by atoms with Gasteiger partial charge in [0.1, 0.15) is 0 Å². The van der Waals surface area contributed by atoms with Crippen LogP contribution in [0.5, 0.6) is 0 Å². The normalized spacial score (nSPS) is 17.9. The van der Waals surface area contributed by atoms with Gasteiger partial charge in [0.2, 0.25) is 0 Å².